The summed E-state index contributed by atoms with van der Waals surface area (Å²) in [5.41, 5.74) is 1.35. The summed E-state index contributed by atoms with van der Waals surface area (Å²) in [5, 5.41) is 20.8. The number of aromatic amines is 1. The van der Waals surface area contributed by atoms with Crippen molar-refractivity contribution in [2.24, 2.45) is 0 Å². The van der Waals surface area contributed by atoms with Gasteiger partial charge in [-0.25, -0.2) is 4.79 Å². The molecule has 1 aromatic carbocycles. The van der Waals surface area contributed by atoms with Crippen LogP contribution in [0.4, 0.5) is 0 Å². The van der Waals surface area contributed by atoms with E-state index in [0.717, 1.165) is 5.39 Å². The van der Waals surface area contributed by atoms with Crippen LogP contribution in [0.15, 0.2) is 24.3 Å². The molecule has 0 aliphatic heterocycles. The summed E-state index contributed by atoms with van der Waals surface area (Å²) in [6.07, 6.45) is -2.83. The van der Waals surface area contributed by atoms with E-state index in [9.17, 15) is 19.8 Å². The van der Waals surface area contributed by atoms with Crippen molar-refractivity contribution >= 4 is 22.8 Å². The number of aliphatic hydroxyl groups excluding tert-OH is 2. The summed E-state index contributed by atoms with van der Waals surface area (Å²) in [4.78, 5) is 25.8. The van der Waals surface area contributed by atoms with Crippen molar-refractivity contribution in [3.05, 3.63) is 35.5 Å². The second kappa shape index (κ2) is 7.26. The molecule has 2 atom stereocenters. The number of carbonyl (C=O) groups excluding carboxylic acids is 2. The number of carbonyl (C=O) groups is 2. The molecule has 0 aliphatic carbocycles. The number of benzene rings is 1. The van der Waals surface area contributed by atoms with Gasteiger partial charge in [0.15, 0.2) is 0 Å². The summed E-state index contributed by atoms with van der Waals surface area (Å²) in [5.74, 6) is -1.07. The van der Waals surface area contributed by atoms with Gasteiger partial charge in [-0.1, -0.05) is 12.1 Å². The van der Waals surface area contributed by atoms with Crippen LogP contribution in [-0.2, 0) is 14.3 Å². The molecule has 2 rings (SSSR count). The first kappa shape index (κ1) is 17.0. The van der Waals surface area contributed by atoms with Crippen molar-refractivity contribution in [3.8, 4) is 0 Å². The van der Waals surface area contributed by atoms with Gasteiger partial charge in [0.05, 0.1) is 26.2 Å². The summed E-state index contributed by atoms with van der Waals surface area (Å²) in [7, 11) is 1.21. The molecule has 124 valence electrons. The minimum Gasteiger partial charge on any atom is -0.469 e. The molecule has 0 saturated heterocycles. The highest BCUT2D eigenvalue weighted by Gasteiger charge is 2.22. The van der Waals surface area contributed by atoms with E-state index < -0.39 is 24.1 Å². The molecule has 7 heteroatoms. The molecule has 23 heavy (non-hydrogen) atoms. The molecule has 0 spiro atoms. The number of nitrogens with one attached hydrogen (secondary N) is 1. The summed E-state index contributed by atoms with van der Waals surface area (Å²) >= 11 is 0. The predicted molar refractivity (Wildman–Crippen MR) is 81.9 cm³/mol. The molecule has 0 saturated carbocycles. The largest absolute Gasteiger partial charge is 0.469 e. The number of hydrogen-bond donors (Lipinski definition) is 3. The first-order valence-corrected chi connectivity index (χ1v) is 7.19. The van der Waals surface area contributed by atoms with E-state index in [0.29, 0.717) is 16.8 Å². The maximum Gasteiger partial charge on any atom is 0.354 e. The van der Waals surface area contributed by atoms with E-state index in [1.165, 1.54) is 7.11 Å². The second-order valence-electron chi connectivity index (χ2n) is 5.04. The highest BCUT2D eigenvalue weighted by molar-refractivity contribution is 5.95. The van der Waals surface area contributed by atoms with Crippen molar-refractivity contribution < 1.29 is 29.3 Å². The Bertz CT molecular complexity index is 708. The van der Waals surface area contributed by atoms with Gasteiger partial charge in [0.1, 0.15) is 11.8 Å². The van der Waals surface area contributed by atoms with Gasteiger partial charge in [-0.2, -0.15) is 0 Å². The summed E-state index contributed by atoms with van der Waals surface area (Å²) in [6, 6.07) is 6.59. The fourth-order valence-electron chi connectivity index (χ4n) is 2.24. The first-order valence-electron chi connectivity index (χ1n) is 7.19. The fourth-order valence-corrected chi connectivity index (χ4v) is 2.24. The molecule has 1 aromatic heterocycles. The van der Waals surface area contributed by atoms with Gasteiger partial charge in [0.25, 0.3) is 0 Å². The molecular weight excluding hydrogens is 302 g/mol. The highest BCUT2D eigenvalue weighted by atomic mass is 16.5. The van der Waals surface area contributed by atoms with Crippen LogP contribution >= 0.6 is 0 Å². The first-order chi connectivity index (χ1) is 11.0. The Morgan fingerprint density at radius 2 is 2.00 bits per heavy atom. The number of methoxy groups -OCH3 is 1. The molecule has 3 N–H and O–H groups in total. The molecule has 0 radical (unpaired) electrons. The highest BCUT2D eigenvalue weighted by Crippen LogP contribution is 2.24. The van der Waals surface area contributed by atoms with Crippen LogP contribution in [0.1, 0.15) is 35.5 Å². The van der Waals surface area contributed by atoms with Crippen LogP contribution in [0.3, 0.4) is 0 Å². The molecule has 2 aromatic rings. The van der Waals surface area contributed by atoms with Crippen LogP contribution in [0.25, 0.3) is 10.9 Å². The number of fused-ring (bicyclic) bond motifs is 1. The molecule has 0 bridgehead atoms. The molecule has 1 heterocycles. The zero-order valence-electron chi connectivity index (χ0n) is 12.9. The van der Waals surface area contributed by atoms with E-state index in [1.807, 2.05) is 0 Å². The number of rotatable bonds is 6. The smallest absolute Gasteiger partial charge is 0.354 e. The quantitative estimate of drug-likeness (QED) is 0.692. The van der Waals surface area contributed by atoms with Gasteiger partial charge < -0.3 is 24.7 Å². The third kappa shape index (κ3) is 3.88. The molecule has 2 unspecified atom stereocenters. The zero-order valence-corrected chi connectivity index (χ0v) is 12.9. The summed E-state index contributed by atoms with van der Waals surface area (Å²) < 4.78 is 9.38. The van der Waals surface area contributed by atoms with Crippen molar-refractivity contribution in [1.82, 2.24) is 4.98 Å². The topological polar surface area (TPSA) is 109 Å². The van der Waals surface area contributed by atoms with E-state index in [1.54, 1.807) is 31.2 Å². The molecule has 7 nitrogen and oxygen atoms in total. The van der Waals surface area contributed by atoms with Gasteiger partial charge in [-0.15, -0.1) is 0 Å². The van der Waals surface area contributed by atoms with E-state index in [4.69, 9.17) is 4.74 Å². The average Bonchev–Trinajstić information content (AvgIpc) is 2.97. The van der Waals surface area contributed by atoms with Gasteiger partial charge in [-0.05, 0) is 24.6 Å². The second-order valence-corrected chi connectivity index (χ2v) is 5.04. The number of aromatic nitrogens is 1. The van der Waals surface area contributed by atoms with Crippen LogP contribution in [0.2, 0.25) is 0 Å². The lowest BCUT2D eigenvalue weighted by Gasteiger charge is -2.17. The normalized spacial score (nSPS) is 13.6. The Morgan fingerprint density at radius 3 is 2.65 bits per heavy atom. The lowest BCUT2D eigenvalue weighted by Crippen LogP contribution is -2.22. The molecule has 0 fully saturated rings. The van der Waals surface area contributed by atoms with Crippen molar-refractivity contribution in [2.75, 3.05) is 13.7 Å². The summed E-state index contributed by atoms with van der Waals surface area (Å²) in [6.45, 7) is 2.00. The lowest BCUT2D eigenvalue weighted by atomic mass is 10.0. The fraction of sp³-hybridized carbons (Fsp3) is 0.375. The van der Waals surface area contributed by atoms with E-state index >= 15 is 0 Å². The minimum absolute atomic E-state index is 0.276. The maximum absolute atomic E-state index is 11.7. The number of hydrogen-bond acceptors (Lipinski definition) is 6. The van der Waals surface area contributed by atoms with Gasteiger partial charge in [-0.3, -0.25) is 4.79 Å². The Kier molecular flexibility index (Phi) is 5.36. The molecule has 0 aliphatic rings. The third-order valence-corrected chi connectivity index (χ3v) is 3.45. The third-order valence-electron chi connectivity index (χ3n) is 3.45. The van der Waals surface area contributed by atoms with E-state index in [-0.39, 0.29) is 13.0 Å². The van der Waals surface area contributed by atoms with Crippen molar-refractivity contribution in [1.29, 1.82) is 0 Å². The predicted octanol–water partition coefficient (Wildman–Crippen LogP) is 1.30. The van der Waals surface area contributed by atoms with Crippen LogP contribution in [-0.4, -0.2) is 47.0 Å². The molecule has 0 amide bonds. The monoisotopic (exact) mass is 321 g/mol. The minimum atomic E-state index is -1.28. The number of H-pyrrole nitrogens is 1. The maximum atomic E-state index is 11.7. The van der Waals surface area contributed by atoms with Crippen LogP contribution < -0.4 is 0 Å². The molecular formula is C16H19NO6. The number of ether oxygens (including phenoxy) is 2. The van der Waals surface area contributed by atoms with Crippen LogP contribution in [0, 0.1) is 0 Å². The average molecular weight is 321 g/mol. The van der Waals surface area contributed by atoms with Gasteiger partial charge in [0, 0.05) is 10.9 Å². The van der Waals surface area contributed by atoms with Gasteiger partial charge >= 0.3 is 11.9 Å². The van der Waals surface area contributed by atoms with E-state index in [2.05, 4.69) is 9.72 Å². The number of esters is 2. The zero-order chi connectivity index (χ0) is 17.0. The SMILES string of the molecule is CCOC(=O)c1cc2ccc(C(O)C(O)CC(=O)OC)cc2[nH]1. The van der Waals surface area contributed by atoms with Crippen molar-refractivity contribution in [2.45, 2.75) is 25.6 Å². The standard InChI is InChI=1S/C16H19NO6/c1-3-23-16(21)12-6-9-4-5-10(7-11(9)17-12)15(20)13(18)8-14(19)22-2/h4-7,13,15,17-18,20H,3,8H2,1-2H3. The Hall–Kier alpha value is -2.38. The van der Waals surface area contributed by atoms with Crippen molar-refractivity contribution in [3.63, 3.8) is 0 Å². The Morgan fingerprint density at radius 1 is 1.26 bits per heavy atom. The van der Waals surface area contributed by atoms with Gasteiger partial charge in [0.2, 0.25) is 0 Å². The van der Waals surface area contributed by atoms with Crippen LogP contribution in [0.5, 0.6) is 0 Å². The Balaban J connectivity index is 2.22. The Labute approximate surface area is 132 Å². The lowest BCUT2D eigenvalue weighted by molar-refractivity contribution is -0.144. The number of aliphatic hydroxyl groups is 2.